The van der Waals surface area contributed by atoms with Crippen molar-refractivity contribution in [2.24, 2.45) is 0 Å². The zero-order valence-corrected chi connectivity index (χ0v) is 9.38. The van der Waals surface area contributed by atoms with Crippen LogP contribution in [0.4, 0.5) is 11.4 Å². The minimum absolute atomic E-state index is 0.0381. The van der Waals surface area contributed by atoms with E-state index >= 15 is 0 Å². The summed E-state index contributed by atoms with van der Waals surface area (Å²) in [4.78, 5) is 10.4. The van der Waals surface area contributed by atoms with Crippen LogP contribution in [0.15, 0.2) is 42.5 Å². The Labute approximate surface area is 98.8 Å². The zero-order chi connectivity index (χ0) is 12.4. The van der Waals surface area contributed by atoms with E-state index in [-0.39, 0.29) is 11.4 Å². The number of benzene rings is 2. The second-order valence-electron chi connectivity index (χ2n) is 3.85. The van der Waals surface area contributed by atoms with E-state index in [1.807, 2.05) is 36.4 Å². The van der Waals surface area contributed by atoms with Gasteiger partial charge in [0.25, 0.3) is 5.69 Å². The smallest absolute Gasteiger partial charge is 0.292 e. The second kappa shape index (κ2) is 4.25. The van der Waals surface area contributed by atoms with Crippen molar-refractivity contribution in [1.29, 1.82) is 0 Å². The molecular formula is C13H12N2O2. The molecule has 2 aromatic rings. The summed E-state index contributed by atoms with van der Waals surface area (Å²) in [5, 5.41) is 10.9. The number of aryl methyl sites for hydroxylation is 1. The molecule has 0 aliphatic heterocycles. The number of anilines is 1. The highest BCUT2D eigenvalue weighted by molar-refractivity contribution is 5.74. The Morgan fingerprint density at radius 2 is 1.76 bits per heavy atom. The molecule has 4 nitrogen and oxygen atoms in total. The summed E-state index contributed by atoms with van der Waals surface area (Å²) >= 11 is 0. The van der Waals surface area contributed by atoms with E-state index in [1.54, 1.807) is 6.92 Å². The highest BCUT2D eigenvalue weighted by atomic mass is 16.6. The summed E-state index contributed by atoms with van der Waals surface area (Å²) in [6.07, 6.45) is 0. The van der Waals surface area contributed by atoms with Gasteiger partial charge < -0.3 is 5.73 Å². The molecule has 86 valence electrons. The first kappa shape index (κ1) is 11.1. The molecule has 0 radical (unpaired) electrons. The van der Waals surface area contributed by atoms with Crippen LogP contribution in [0, 0.1) is 17.0 Å². The predicted octanol–water partition coefficient (Wildman–Crippen LogP) is 3.15. The SMILES string of the molecule is Cc1cc(-c2ccccc2)cc([N+](=O)[O-])c1N. The van der Waals surface area contributed by atoms with Gasteiger partial charge in [0.05, 0.1) is 4.92 Å². The van der Waals surface area contributed by atoms with Gasteiger partial charge in [-0.05, 0) is 29.7 Å². The quantitative estimate of drug-likeness (QED) is 0.487. The molecule has 0 atom stereocenters. The lowest BCUT2D eigenvalue weighted by Gasteiger charge is -2.06. The summed E-state index contributed by atoms with van der Waals surface area (Å²) in [5.41, 5.74) is 8.35. The van der Waals surface area contributed by atoms with E-state index in [2.05, 4.69) is 0 Å². The van der Waals surface area contributed by atoms with E-state index in [1.165, 1.54) is 6.07 Å². The van der Waals surface area contributed by atoms with Crippen LogP contribution in [0.5, 0.6) is 0 Å². The lowest BCUT2D eigenvalue weighted by molar-refractivity contribution is -0.383. The second-order valence-corrected chi connectivity index (χ2v) is 3.85. The standard InChI is InChI=1S/C13H12N2O2/c1-9-7-11(10-5-3-2-4-6-10)8-12(13(9)14)15(16)17/h2-8H,14H2,1H3. The normalized spacial score (nSPS) is 10.2. The molecule has 0 bridgehead atoms. The Balaban J connectivity index is 2.61. The maximum absolute atomic E-state index is 10.9. The number of hydrogen-bond acceptors (Lipinski definition) is 3. The lowest BCUT2D eigenvalue weighted by atomic mass is 10.0. The Hall–Kier alpha value is -2.36. The molecular weight excluding hydrogens is 216 g/mol. The third kappa shape index (κ3) is 2.10. The van der Waals surface area contributed by atoms with Crippen molar-refractivity contribution in [3.05, 3.63) is 58.1 Å². The van der Waals surface area contributed by atoms with Crippen molar-refractivity contribution in [2.75, 3.05) is 5.73 Å². The van der Waals surface area contributed by atoms with Gasteiger partial charge in [-0.25, -0.2) is 0 Å². The fourth-order valence-corrected chi connectivity index (χ4v) is 1.73. The summed E-state index contributed by atoms with van der Waals surface area (Å²) in [6, 6.07) is 12.9. The zero-order valence-electron chi connectivity index (χ0n) is 9.38. The number of rotatable bonds is 2. The molecule has 0 saturated carbocycles. The largest absolute Gasteiger partial charge is 0.393 e. The van der Waals surface area contributed by atoms with Gasteiger partial charge in [-0.3, -0.25) is 10.1 Å². The molecule has 0 aliphatic rings. The number of nitrogens with two attached hydrogens (primary N) is 1. The van der Waals surface area contributed by atoms with Gasteiger partial charge in [0, 0.05) is 6.07 Å². The first-order chi connectivity index (χ1) is 8.09. The van der Waals surface area contributed by atoms with Gasteiger partial charge >= 0.3 is 0 Å². The van der Waals surface area contributed by atoms with Gasteiger partial charge in [0.15, 0.2) is 0 Å². The summed E-state index contributed by atoms with van der Waals surface area (Å²) < 4.78 is 0. The van der Waals surface area contributed by atoms with Crippen LogP contribution in [-0.2, 0) is 0 Å². The van der Waals surface area contributed by atoms with Crippen LogP contribution in [-0.4, -0.2) is 4.92 Å². The Morgan fingerprint density at radius 3 is 2.35 bits per heavy atom. The monoisotopic (exact) mass is 228 g/mol. The fourth-order valence-electron chi connectivity index (χ4n) is 1.73. The number of hydrogen-bond donors (Lipinski definition) is 1. The number of nitro benzene ring substituents is 1. The first-order valence-corrected chi connectivity index (χ1v) is 5.19. The summed E-state index contributed by atoms with van der Waals surface area (Å²) in [7, 11) is 0. The Bertz CT molecular complexity index is 565. The third-order valence-corrected chi connectivity index (χ3v) is 2.67. The fraction of sp³-hybridized carbons (Fsp3) is 0.0769. The molecule has 2 N–H and O–H groups in total. The minimum Gasteiger partial charge on any atom is -0.393 e. The van der Waals surface area contributed by atoms with Crippen LogP contribution in [0.1, 0.15) is 5.56 Å². The van der Waals surface area contributed by atoms with Gasteiger partial charge in [-0.2, -0.15) is 0 Å². The predicted molar refractivity (Wildman–Crippen MR) is 67.7 cm³/mol. The average Bonchev–Trinajstić information content (AvgIpc) is 2.33. The van der Waals surface area contributed by atoms with Crippen molar-refractivity contribution >= 4 is 11.4 Å². The molecule has 2 rings (SSSR count). The molecule has 0 fully saturated rings. The molecule has 0 spiro atoms. The van der Waals surface area contributed by atoms with Gasteiger partial charge in [-0.15, -0.1) is 0 Å². The highest BCUT2D eigenvalue weighted by Gasteiger charge is 2.15. The van der Waals surface area contributed by atoms with Crippen molar-refractivity contribution in [3.8, 4) is 11.1 Å². The molecule has 0 saturated heterocycles. The van der Waals surface area contributed by atoms with Crippen molar-refractivity contribution in [2.45, 2.75) is 6.92 Å². The van der Waals surface area contributed by atoms with Crippen LogP contribution in [0.2, 0.25) is 0 Å². The molecule has 4 heteroatoms. The summed E-state index contributed by atoms with van der Waals surface area (Å²) in [6.45, 7) is 1.77. The maximum atomic E-state index is 10.9. The van der Waals surface area contributed by atoms with Crippen molar-refractivity contribution in [1.82, 2.24) is 0 Å². The van der Waals surface area contributed by atoms with E-state index in [4.69, 9.17) is 5.73 Å². The number of nitro groups is 1. The number of nitrogen functional groups attached to an aromatic ring is 1. The highest BCUT2D eigenvalue weighted by Crippen LogP contribution is 2.31. The lowest BCUT2D eigenvalue weighted by Crippen LogP contribution is -1.98. The molecule has 17 heavy (non-hydrogen) atoms. The van der Waals surface area contributed by atoms with Gasteiger partial charge in [0.1, 0.15) is 5.69 Å². The van der Waals surface area contributed by atoms with Crippen LogP contribution >= 0.6 is 0 Å². The van der Waals surface area contributed by atoms with E-state index in [0.29, 0.717) is 0 Å². The molecule has 0 aromatic heterocycles. The molecule has 0 aliphatic carbocycles. The summed E-state index contributed by atoms with van der Waals surface area (Å²) in [5.74, 6) is 0. The molecule has 0 heterocycles. The van der Waals surface area contributed by atoms with Crippen LogP contribution in [0.25, 0.3) is 11.1 Å². The molecule has 0 amide bonds. The Kier molecular flexibility index (Phi) is 2.78. The topological polar surface area (TPSA) is 69.2 Å². The van der Waals surface area contributed by atoms with E-state index < -0.39 is 4.92 Å². The average molecular weight is 228 g/mol. The number of nitrogens with zero attached hydrogens (tertiary/aromatic N) is 1. The van der Waals surface area contributed by atoms with E-state index in [0.717, 1.165) is 16.7 Å². The van der Waals surface area contributed by atoms with Crippen molar-refractivity contribution in [3.63, 3.8) is 0 Å². The third-order valence-electron chi connectivity index (χ3n) is 2.67. The molecule has 0 unspecified atom stereocenters. The van der Waals surface area contributed by atoms with Crippen LogP contribution < -0.4 is 5.73 Å². The van der Waals surface area contributed by atoms with Crippen LogP contribution in [0.3, 0.4) is 0 Å². The first-order valence-electron chi connectivity index (χ1n) is 5.19. The van der Waals surface area contributed by atoms with Gasteiger partial charge in [0.2, 0.25) is 0 Å². The Morgan fingerprint density at radius 1 is 1.12 bits per heavy atom. The van der Waals surface area contributed by atoms with Crippen molar-refractivity contribution < 1.29 is 4.92 Å². The molecule has 2 aromatic carbocycles. The van der Waals surface area contributed by atoms with Gasteiger partial charge in [-0.1, -0.05) is 30.3 Å². The minimum atomic E-state index is -0.450. The van der Waals surface area contributed by atoms with E-state index in [9.17, 15) is 10.1 Å². The maximum Gasteiger partial charge on any atom is 0.292 e.